The van der Waals surface area contributed by atoms with E-state index >= 15 is 0 Å². The van der Waals surface area contributed by atoms with Crippen LogP contribution in [0.4, 0.5) is 0 Å². The largest absolute Gasteiger partial charge is 0.356 e. The van der Waals surface area contributed by atoms with E-state index in [1.807, 2.05) is 0 Å². The van der Waals surface area contributed by atoms with E-state index in [9.17, 15) is 0 Å². The number of hydrogen-bond donors (Lipinski definition) is 0. The van der Waals surface area contributed by atoms with Crippen LogP contribution in [0.5, 0.6) is 0 Å². The summed E-state index contributed by atoms with van der Waals surface area (Å²) >= 11 is 0. The molecule has 0 saturated carbocycles. The maximum absolute atomic E-state index is 2.63. The van der Waals surface area contributed by atoms with Crippen molar-refractivity contribution >= 4 is 0 Å². The molecule has 33 heavy (non-hydrogen) atoms. The van der Waals surface area contributed by atoms with Crippen LogP contribution in [0.15, 0.2) is 12.4 Å². The molecule has 1 unspecified atom stereocenters. The Labute approximate surface area is 210 Å². The summed E-state index contributed by atoms with van der Waals surface area (Å²) in [5.41, 5.74) is 0. The molecule has 0 N–H and O–H groups in total. The fourth-order valence-electron chi connectivity index (χ4n) is 5.38. The molecule has 0 aromatic heterocycles. The highest BCUT2D eigenvalue weighted by atomic mass is 15.4. The number of rotatable bonds is 25. The van der Waals surface area contributed by atoms with Crippen LogP contribution in [-0.4, -0.2) is 29.1 Å². The Kier molecular flexibility index (Phi) is 21.3. The third-order valence-electron chi connectivity index (χ3n) is 7.67. The van der Waals surface area contributed by atoms with Crippen molar-refractivity contribution in [3.8, 4) is 0 Å². The Bertz CT molecular complexity index is 419. The van der Waals surface area contributed by atoms with Crippen LogP contribution in [0.25, 0.3) is 0 Å². The molecule has 1 aliphatic heterocycles. The zero-order chi connectivity index (χ0) is 23.8. The van der Waals surface area contributed by atoms with Gasteiger partial charge in [0.05, 0.1) is 0 Å². The molecule has 0 radical (unpaired) electrons. The van der Waals surface area contributed by atoms with Crippen LogP contribution in [0.3, 0.4) is 0 Å². The molecule has 1 rings (SSSR count). The van der Waals surface area contributed by atoms with Gasteiger partial charge < -0.3 is 9.80 Å². The Morgan fingerprint density at radius 1 is 0.424 bits per heavy atom. The fraction of sp³-hybridized carbons (Fsp3) is 0.935. The van der Waals surface area contributed by atoms with E-state index in [1.165, 1.54) is 154 Å². The van der Waals surface area contributed by atoms with Gasteiger partial charge >= 0.3 is 0 Å². The van der Waals surface area contributed by atoms with E-state index in [1.54, 1.807) is 0 Å². The topological polar surface area (TPSA) is 6.48 Å². The zero-order valence-electron chi connectivity index (χ0n) is 23.3. The van der Waals surface area contributed by atoms with Gasteiger partial charge in [0, 0.05) is 25.5 Å². The minimum absolute atomic E-state index is 0.637. The highest BCUT2D eigenvalue weighted by Crippen LogP contribution is 2.22. The molecular weight excluding hydrogens is 400 g/mol. The molecule has 0 spiro atoms. The minimum Gasteiger partial charge on any atom is -0.356 e. The molecule has 0 amide bonds. The van der Waals surface area contributed by atoms with Crippen LogP contribution in [0, 0.1) is 0 Å². The Morgan fingerprint density at radius 3 is 1.21 bits per heavy atom. The summed E-state index contributed by atoms with van der Waals surface area (Å²) in [7, 11) is 0. The van der Waals surface area contributed by atoms with Crippen LogP contribution < -0.4 is 0 Å². The average Bonchev–Trinajstić information content (AvgIpc) is 3.22. The summed E-state index contributed by atoms with van der Waals surface area (Å²) in [6.07, 6.45) is 38.3. The highest BCUT2D eigenvalue weighted by Gasteiger charge is 2.23. The summed E-state index contributed by atoms with van der Waals surface area (Å²) in [5.74, 6) is 0. The van der Waals surface area contributed by atoms with Gasteiger partial charge in [-0.05, 0) is 26.2 Å². The lowest BCUT2D eigenvalue weighted by Gasteiger charge is -2.32. The molecule has 0 aromatic carbocycles. The molecule has 0 saturated heterocycles. The molecule has 0 aromatic rings. The summed E-state index contributed by atoms with van der Waals surface area (Å²) in [4.78, 5) is 5.18. The average molecular weight is 463 g/mol. The van der Waals surface area contributed by atoms with Gasteiger partial charge in [0.2, 0.25) is 0 Å². The Hall–Kier alpha value is -0.660. The lowest BCUT2D eigenvalue weighted by Crippen LogP contribution is -2.38. The number of hydrogen-bond acceptors (Lipinski definition) is 2. The Balaban J connectivity index is 1.90. The molecule has 1 atom stereocenters. The summed E-state index contributed by atoms with van der Waals surface area (Å²) in [5, 5.41) is 0. The first-order valence-electron chi connectivity index (χ1n) is 15.5. The van der Waals surface area contributed by atoms with E-state index < -0.39 is 0 Å². The van der Waals surface area contributed by atoms with Crippen LogP contribution in [0.2, 0.25) is 0 Å². The smallest absolute Gasteiger partial charge is 0.101 e. The summed E-state index contributed by atoms with van der Waals surface area (Å²) < 4.78 is 0. The van der Waals surface area contributed by atoms with Crippen molar-refractivity contribution in [3.63, 3.8) is 0 Å². The van der Waals surface area contributed by atoms with E-state index in [0.717, 1.165) is 6.54 Å². The molecule has 0 aliphatic carbocycles. The van der Waals surface area contributed by atoms with Gasteiger partial charge in [0.25, 0.3) is 0 Å². The molecule has 2 heteroatoms. The lowest BCUT2D eigenvalue weighted by atomic mass is 10.0. The van der Waals surface area contributed by atoms with E-state index in [-0.39, 0.29) is 0 Å². The third-order valence-corrected chi connectivity index (χ3v) is 7.67. The second-order valence-corrected chi connectivity index (χ2v) is 10.7. The predicted octanol–water partition coefficient (Wildman–Crippen LogP) is 10.4. The van der Waals surface area contributed by atoms with Crippen molar-refractivity contribution in [1.82, 2.24) is 9.80 Å². The van der Waals surface area contributed by atoms with Crippen molar-refractivity contribution in [2.24, 2.45) is 0 Å². The summed E-state index contributed by atoms with van der Waals surface area (Å²) in [6, 6.07) is 0. The molecule has 196 valence electrons. The monoisotopic (exact) mass is 462 g/mol. The van der Waals surface area contributed by atoms with Crippen LogP contribution in [0.1, 0.15) is 168 Å². The predicted molar refractivity (Wildman–Crippen MR) is 150 cm³/mol. The minimum atomic E-state index is 0.637. The maximum atomic E-state index is 2.63. The summed E-state index contributed by atoms with van der Waals surface area (Å²) in [6.45, 7) is 9.31. The van der Waals surface area contributed by atoms with E-state index in [4.69, 9.17) is 0 Å². The molecule has 0 fully saturated rings. The van der Waals surface area contributed by atoms with Crippen molar-refractivity contribution in [2.75, 3.05) is 13.1 Å². The first kappa shape index (κ1) is 30.4. The van der Waals surface area contributed by atoms with E-state index in [0.29, 0.717) is 6.17 Å². The van der Waals surface area contributed by atoms with Crippen LogP contribution >= 0.6 is 0 Å². The van der Waals surface area contributed by atoms with Gasteiger partial charge in [0.15, 0.2) is 0 Å². The molecule has 0 bridgehead atoms. The standard InChI is InChI=1S/C31H62N2/c1-4-7-9-11-12-13-14-15-16-17-18-19-20-21-22-23-25-27-31-32(6-3)29-30-33(31)28-26-24-10-8-5-2/h29-31H,4-28H2,1-3H3. The second-order valence-electron chi connectivity index (χ2n) is 10.7. The normalized spacial score (nSPS) is 15.8. The van der Waals surface area contributed by atoms with Gasteiger partial charge in [0.1, 0.15) is 6.17 Å². The molecule has 1 aliphatic rings. The second kappa shape index (κ2) is 23.1. The van der Waals surface area contributed by atoms with Crippen molar-refractivity contribution in [2.45, 2.75) is 175 Å². The van der Waals surface area contributed by atoms with Gasteiger partial charge in [-0.2, -0.15) is 0 Å². The lowest BCUT2D eigenvalue weighted by molar-refractivity contribution is 0.142. The van der Waals surface area contributed by atoms with Gasteiger partial charge in [-0.25, -0.2) is 0 Å². The van der Waals surface area contributed by atoms with Gasteiger partial charge in [-0.15, -0.1) is 0 Å². The van der Waals surface area contributed by atoms with E-state index in [2.05, 4.69) is 43.0 Å². The molecular formula is C31H62N2. The number of unbranched alkanes of at least 4 members (excludes halogenated alkanes) is 20. The first-order chi connectivity index (χ1) is 16.3. The Morgan fingerprint density at radius 2 is 0.788 bits per heavy atom. The van der Waals surface area contributed by atoms with Crippen molar-refractivity contribution < 1.29 is 0 Å². The SMILES string of the molecule is CCCCCCCCCCCCCCCCCCCC1N(CC)C=CN1CCCCCCC. The first-order valence-corrected chi connectivity index (χ1v) is 15.5. The van der Waals surface area contributed by atoms with Crippen molar-refractivity contribution in [3.05, 3.63) is 12.4 Å². The zero-order valence-corrected chi connectivity index (χ0v) is 23.3. The molecule has 1 heterocycles. The molecule has 2 nitrogen and oxygen atoms in total. The van der Waals surface area contributed by atoms with Gasteiger partial charge in [-0.3, -0.25) is 0 Å². The maximum Gasteiger partial charge on any atom is 0.101 e. The third kappa shape index (κ3) is 16.6. The van der Waals surface area contributed by atoms with Crippen molar-refractivity contribution in [1.29, 1.82) is 0 Å². The highest BCUT2D eigenvalue weighted by molar-refractivity contribution is 4.96. The van der Waals surface area contributed by atoms with Crippen LogP contribution in [-0.2, 0) is 0 Å². The fourth-order valence-corrected chi connectivity index (χ4v) is 5.38. The van der Waals surface area contributed by atoms with Gasteiger partial charge in [-0.1, -0.05) is 142 Å². The number of nitrogens with zero attached hydrogens (tertiary/aromatic N) is 2. The quantitative estimate of drug-likeness (QED) is 0.124.